The minimum Gasteiger partial charge on any atom is -0.477 e. The number of esters is 2. The summed E-state index contributed by atoms with van der Waals surface area (Å²) in [6.45, 7) is 4.77. The standard InChI is InChI=1S/C50H95NO7/c1-6-8-10-12-14-16-18-20-21-22-23-24-25-26-27-29-31-33-35-37-39-41-49(53)58-46(44-56-43-42-47(50(54)55)51(3,4)5)45-57-48(52)40-38-36-34-32-30-28-19-17-15-13-11-9-7-2/h22-23,46-47H,6-21,24-45H2,1-5H3/p+1/b23-22-. The lowest BCUT2D eigenvalue weighted by molar-refractivity contribution is -0.887. The van der Waals surface area contributed by atoms with Crippen LogP contribution in [-0.2, 0) is 28.6 Å². The first-order chi connectivity index (χ1) is 28.1. The number of quaternary nitrogens is 1. The van der Waals surface area contributed by atoms with Crippen LogP contribution in [0.2, 0.25) is 0 Å². The first kappa shape index (κ1) is 56.1. The van der Waals surface area contributed by atoms with E-state index in [1.54, 1.807) is 0 Å². The molecule has 0 saturated heterocycles. The van der Waals surface area contributed by atoms with Gasteiger partial charge in [0.2, 0.25) is 0 Å². The highest BCUT2D eigenvalue weighted by atomic mass is 16.6. The highest BCUT2D eigenvalue weighted by molar-refractivity contribution is 5.72. The third-order valence-electron chi connectivity index (χ3n) is 11.4. The topological polar surface area (TPSA) is 99.1 Å². The molecular formula is C50H96NO7+. The molecule has 0 amide bonds. The van der Waals surface area contributed by atoms with Crippen LogP contribution in [0.15, 0.2) is 12.2 Å². The molecule has 0 aromatic rings. The molecule has 8 nitrogen and oxygen atoms in total. The SMILES string of the molecule is CCCCCCCCCC/C=C\CCCCCCCCCCCC(=O)OC(COCCC(C(=O)O)[N+](C)(C)C)COC(=O)CCCCCCCCCCCCCCC. The largest absolute Gasteiger partial charge is 0.477 e. The molecule has 0 aliphatic heterocycles. The van der Waals surface area contributed by atoms with Crippen molar-refractivity contribution in [3.05, 3.63) is 12.2 Å². The van der Waals surface area contributed by atoms with Crippen molar-refractivity contribution in [3.8, 4) is 0 Å². The maximum absolute atomic E-state index is 12.8. The molecule has 0 heterocycles. The van der Waals surface area contributed by atoms with Gasteiger partial charge in [-0.3, -0.25) is 9.59 Å². The Morgan fingerprint density at radius 2 is 0.862 bits per heavy atom. The summed E-state index contributed by atoms with van der Waals surface area (Å²) >= 11 is 0. The number of hydrogen-bond acceptors (Lipinski definition) is 6. The number of unbranched alkanes of at least 4 members (excludes halogenated alkanes) is 29. The number of nitrogens with zero attached hydrogens (tertiary/aromatic N) is 1. The molecule has 0 aromatic heterocycles. The summed E-state index contributed by atoms with van der Waals surface area (Å²) in [5, 5.41) is 9.63. The lowest BCUT2D eigenvalue weighted by atomic mass is 10.0. The Hall–Kier alpha value is -1.93. The van der Waals surface area contributed by atoms with Crippen LogP contribution in [0.3, 0.4) is 0 Å². The van der Waals surface area contributed by atoms with Gasteiger partial charge < -0.3 is 23.8 Å². The Morgan fingerprint density at radius 3 is 1.24 bits per heavy atom. The summed E-state index contributed by atoms with van der Waals surface area (Å²) in [4.78, 5) is 37.1. The van der Waals surface area contributed by atoms with E-state index in [9.17, 15) is 19.5 Å². The fourth-order valence-electron chi connectivity index (χ4n) is 7.56. The van der Waals surface area contributed by atoms with E-state index in [1.165, 1.54) is 167 Å². The lowest BCUT2D eigenvalue weighted by Crippen LogP contribution is -2.50. The van der Waals surface area contributed by atoms with Crippen LogP contribution in [0.4, 0.5) is 0 Å². The van der Waals surface area contributed by atoms with E-state index in [-0.39, 0.29) is 36.2 Å². The van der Waals surface area contributed by atoms with Crippen molar-refractivity contribution in [2.45, 2.75) is 251 Å². The summed E-state index contributed by atoms with van der Waals surface area (Å²) in [5.74, 6) is -1.45. The molecule has 1 N–H and O–H groups in total. The fraction of sp³-hybridized carbons (Fsp3) is 0.900. The number of aliphatic carboxylic acids is 1. The van der Waals surface area contributed by atoms with Crippen molar-refractivity contribution in [3.63, 3.8) is 0 Å². The maximum Gasteiger partial charge on any atom is 0.362 e. The molecule has 0 fully saturated rings. The zero-order chi connectivity index (χ0) is 42.8. The number of carbonyl (C=O) groups is 3. The monoisotopic (exact) mass is 823 g/mol. The zero-order valence-corrected chi connectivity index (χ0v) is 39.0. The fourth-order valence-corrected chi connectivity index (χ4v) is 7.56. The second kappa shape index (κ2) is 41.8. The first-order valence-electron chi connectivity index (χ1n) is 24.7. The van der Waals surface area contributed by atoms with Gasteiger partial charge in [-0.1, -0.05) is 193 Å². The van der Waals surface area contributed by atoms with Gasteiger partial charge in [0.1, 0.15) is 6.61 Å². The lowest BCUT2D eigenvalue weighted by Gasteiger charge is -2.31. The Kier molecular flexibility index (Phi) is 40.4. The zero-order valence-electron chi connectivity index (χ0n) is 39.0. The number of ether oxygens (including phenoxy) is 3. The van der Waals surface area contributed by atoms with Crippen LogP contribution in [0.25, 0.3) is 0 Å². The summed E-state index contributed by atoms with van der Waals surface area (Å²) in [6, 6.07) is -0.611. The average Bonchev–Trinajstić information content (AvgIpc) is 3.18. The highest BCUT2D eigenvalue weighted by Gasteiger charge is 2.31. The number of likely N-dealkylation sites (N-methyl/N-ethyl adjacent to an activating group) is 1. The van der Waals surface area contributed by atoms with Crippen LogP contribution in [0.1, 0.15) is 239 Å². The van der Waals surface area contributed by atoms with Gasteiger partial charge in [-0.25, -0.2) is 4.79 Å². The number of hydrogen-bond donors (Lipinski definition) is 1. The molecule has 8 heteroatoms. The predicted molar refractivity (Wildman–Crippen MR) is 243 cm³/mol. The summed E-state index contributed by atoms with van der Waals surface area (Å²) in [7, 11) is 5.54. The minimum atomic E-state index is -0.871. The van der Waals surface area contributed by atoms with Crippen molar-refractivity contribution >= 4 is 17.9 Å². The van der Waals surface area contributed by atoms with Crippen molar-refractivity contribution in [1.29, 1.82) is 0 Å². The summed E-state index contributed by atoms with van der Waals surface area (Å²) in [6.07, 6.45) is 45.4. The van der Waals surface area contributed by atoms with E-state index in [2.05, 4.69) is 26.0 Å². The number of carbonyl (C=O) groups excluding carboxylic acids is 2. The quantitative estimate of drug-likeness (QED) is 0.0283. The molecule has 0 saturated carbocycles. The number of rotatable bonds is 45. The molecule has 2 atom stereocenters. The summed E-state index contributed by atoms with van der Waals surface area (Å²) < 4.78 is 17.3. The van der Waals surface area contributed by atoms with Crippen molar-refractivity contribution in [2.75, 3.05) is 41.0 Å². The third-order valence-corrected chi connectivity index (χ3v) is 11.4. The Morgan fingerprint density at radius 1 is 0.500 bits per heavy atom. The minimum absolute atomic E-state index is 0.0453. The van der Waals surface area contributed by atoms with Gasteiger partial charge in [-0.2, -0.15) is 0 Å². The molecule has 0 aliphatic rings. The van der Waals surface area contributed by atoms with Crippen molar-refractivity contribution < 1.29 is 38.2 Å². The van der Waals surface area contributed by atoms with E-state index in [0.717, 1.165) is 38.5 Å². The maximum atomic E-state index is 12.8. The molecule has 0 aliphatic carbocycles. The Labute approximate surface area is 359 Å². The van der Waals surface area contributed by atoms with Gasteiger partial charge in [-0.05, 0) is 38.5 Å². The van der Waals surface area contributed by atoms with E-state index in [0.29, 0.717) is 19.3 Å². The number of carboxylic acids is 1. The third kappa shape index (κ3) is 39.5. The predicted octanol–water partition coefficient (Wildman–Crippen LogP) is 13.9. The number of carboxylic acid groups (broad SMARTS) is 1. The second-order valence-corrected chi connectivity index (χ2v) is 18.1. The molecule has 0 aromatic carbocycles. The second-order valence-electron chi connectivity index (χ2n) is 18.1. The van der Waals surface area contributed by atoms with E-state index in [1.807, 2.05) is 21.1 Å². The van der Waals surface area contributed by atoms with Gasteiger partial charge in [0.05, 0.1) is 34.4 Å². The summed E-state index contributed by atoms with van der Waals surface area (Å²) in [5.41, 5.74) is 0. The molecular weight excluding hydrogens is 727 g/mol. The van der Waals surface area contributed by atoms with Gasteiger partial charge >= 0.3 is 17.9 Å². The van der Waals surface area contributed by atoms with Crippen LogP contribution in [0, 0.1) is 0 Å². The molecule has 0 bridgehead atoms. The van der Waals surface area contributed by atoms with E-state index >= 15 is 0 Å². The molecule has 0 rings (SSSR count). The van der Waals surface area contributed by atoms with Gasteiger partial charge in [0.15, 0.2) is 12.1 Å². The van der Waals surface area contributed by atoms with Crippen molar-refractivity contribution in [2.24, 2.45) is 0 Å². The highest BCUT2D eigenvalue weighted by Crippen LogP contribution is 2.16. The number of allylic oxidation sites excluding steroid dienone is 2. The van der Waals surface area contributed by atoms with Gasteiger partial charge in [0.25, 0.3) is 0 Å². The van der Waals surface area contributed by atoms with E-state index < -0.39 is 18.1 Å². The smallest absolute Gasteiger partial charge is 0.362 e. The average molecular weight is 823 g/mol. The Bertz CT molecular complexity index is 962. The molecule has 58 heavy (non-hydrogen) atoms. The molecule has 0 radical (unpaired) electrons. The van der Waals surface area contributed by atoms with Crippen LogP contribution in [-0.4, -0.2) is 80.6 Å². The normalized spacial score (nSPS) is 12.9. The van der Waals surface area contributed by atoms with Crippen LogP contribution >= 0.6 is 0 Å². The van der Waals surface area contributed by atoms with Crippen LogP contribution < -0.4 is 0 Å². The first-order valence-corrected chi connectivity index (χ1v) is 24.7. The van der Waals surface area contributed by atoms with Crippen LogP contribution in [0.5, 0.6) is 0 Å². The van der Waals surface area contributed by atoms with Gasteiger partial charge in [0, 0.05) is 19.3 Å². The van der Waals surface area contributed by atoms with Crippen molar-refractivity contribution in [1.82, 2.24) is 0 Å². The molecule has 342 valence electrons. The van der Waals surface area contributed by atoms with E-state index in [4.69, 9.17) is 14.2 Å². The Balaban J connectivity index is 4.21. The molecule has 0 spiro atoms. The molecule has 2 unspecified atom stereocenters. The van der Waals surface area contributed by atoms with Gasteiger partial charge in [-0.15, -0.1) is 0 Å².